The monoisotopic (exact) mass is 414 g/mol. The van der Waals surface area contributed by atoms with E-state index in [1.165, 1.54) is 4.90 Å². The van der Waals surface area contributed by atoms with Gasteiger partial charge in [-0.25, -0.2) is 0 Å². The topological polar surface area (TPSA) is 122 Å². The van der Waals surface area contributed by atoms with Crippen LogP contribution in [0.25, 0.3) is 0 Å². The maximum atomic E-state index is 12.6. The highest BCUT2D eigenvalue weighted by molar-refractivity contribution is 6.05. The number of carboxylic acid groups (broad SMARTS) is 1. The maximum absolute atomic E-state index is 12.6. The summed E-state index contributed by atoms with van der Waals surface area (Å²) in [7, 11) is 0. The summed E-state index contributed by atoms with van der Waals surface area (Å²) < 4.78 is 10.4. The van der Waals surface area contributed by atoms with Crippen molar-refractivity contribution in [3.05, 3.63) is 34.9 Å². The molecule has 1 atom stereocenters. The van der Waals surface area contributed by atoms with Crippen LogP contribution in [0.1, 0.15) is 40.7 Å². The molecule has 30 heavy (non-hydrogen) atoms. The first kappa shape index (κ1) is 21.5. The third-order valence-corrected chi connectivity index (χ3v) is 4.76. The Hall–Kier alpha value is -3.22. The number of hydrogen-bond donors (Lipinski definition) is 2. The van der Waals surface area contributed by atoms with Gasteiger partial charge in [-0.05, 0) is 30.2 Å². The second-order valence-corrected chi connectivity index (χ2v) is 6.88. The van der Waals surface area contributed by atoms with Gasteiger partial charge >= 0.3 is 5.97 Å². The Kier molecular flexibility index (Phi) is 7.17. The van der Waals surface area contributed by atoms with E-state index in [0.717, 1.165) is 11.1 Å². The van der Waals surface area contributed by atoms with E-state index in [0.29, 0.717) is 31.7 Å². The largest absolute Gasteiger partial charge is 0.481 e. The molecule has 0 spiro atoms. The van der Waals surface area contributed by atoms with Crippen molar-refractivity contribution < 1.29 is 33.8 Å². The van der Waals surface area contributed by atoms with Gasteiger partial charge in [-0.1, -0.05) is 11.8 Å². The van der Waals surface area contributed by atoms with Crippen LogP contribution in [0.5, 0.6) is 0 Å². The average molecular weight is 414 g/mol. The van der Waals surface area contributed by atoms with Gasteiger partial charge in [-0.2, -0.15) is 0 Å². The summed E-state index contributed by atoms with van der Waals surface area (Å²) in [6, 6.07) is 4.63. The minimum atomic E-state index is -0.905. The maximum Gasteiger partial charge on any atom is 0.305 e. The van der Waals surface area contributed by atoms with Crippen molar-refractivity contribution in [2.45, 2.75) is 31.8 Å². The number of amides is 3. The number of nitrogens with one attached hydrogen (secondary N) is 1. The second kappa shape index (κ2) is 10.0. The van der Waals surface area contributed by atoms with Crippen molar-refractivity contribution in [3.8, 4) is 11.8 Å². The minimum absolute atomic E-state index is 0.0401. The number of carbonyl (C=O) groups excluding carboxylic acids is 3. The van der Waals surface area contributed by atoms with Gasteiger partial charge < -0.3 is 19.5 Å². The number of benzene rings is 1. The normalized spacial score (nSPS) is 17.9. The van der Waals surface area contributed by atoms with Crippen LogP contribution in [0.2, 0.25) is 0 Å². The van der Waals surface area contributed by atoms with Crippen LogP contribution in [-0.2, 0) is 30.4 Å². The molecule has 0 aliphatic carbocycles. The number of imide groups is 1. The summed E-state index contributed by atoms with van der Waals surface area (Å²) in [5, 5.41) is 10.8. The summed E-state index contributed by atoms with van der Waals surface area (Å²) in [5.74, 6) is 3.98. The molecular weight excluding hydrogens is 392 g/mol. The van der Waals surface area contributed by atoms with Crippen LogP contribution in [0.3, 0.4) is 0 Å². The van der Waals surface area contributed by atoms with E-state index in [1.807, 2.05) is 6.07 Å². The van der Waals surface area contributed by atoms with Gasteiger partial charge in [-0.15, -0.1) is 0 Å². The molecule has 9 heteroatoms. The van der Waals surface area contributed by atoms with Crippen LogP contribution < -0.4 is 5.32 Å². The molecular formula is C21H22N2O7. The SMILES string of the molecule is O=C(O)CCOCCOCC#Cc1ccc2c(c1)CN(C1CCC(=O)NC1=O)C2=O. The lowest BCUT2D eigenvalue weighted by Crippen LogP contribution is -2.52. The molecule has 0 saturated carbocycles. The standard InChI is InChI=1S/C21H22N2O7/c24-18-6-5-17(20(27)22-18)23-13-15-12-14(3-4-16(15)21(23)28)2-1-8-29-10-11-30-9-7-19(25)26/h3-4,12,17H,5-11,13H2,(H,25,26)(H,22,24,27). The Morgan fingerprint density at radius 2 is 2.00 bits per heavy atom. The molecule has 158 valence electrons. The number of nitrogens with zero attached hydrogens (tertiary/aromatic N) is 1. The summed E-state index contributed by atoms with van der Waals surface area (Å²) in [6.07, 6.45) is 0.508. The van der Waals surface area contributed by atoms with Crippen LogP contribution in [-0.4, -0.2) is 66.2 Å². The summed E-state index contributed by atoms with van der Waals surface area (Å²) in [6.45, 7) is 1.26. The number of rotatable bonds is 8. The molecule has 2 N–H and O–H groups in total. The third-order valence-electron chi connectivity index (χ3n) is 4.76. The molecule has 0 radical (unpaired) electrons. The van der Waals surface area contributed by atoms with E-state index >= 15 is 0 Å². The quantitative estimate of drug-likeness (QED) is 0.357. The number of aliphatic carboxylic acids is 1. The number of ether oxygens (including phenoxy) is 2. The average Bonchev–Trinajstić information content (AvgIpc) is 3.02. The summed E-state index contributed by atoms with van der Waals surface area (Å²) in [5.41, 5.74) is 2.07. The lowest BCUT2D eigenvalue weighted by Gasteiger charge is -2.29. The Labute approximate surface area is 173 Å². The molecule has 9 nitrogen and oxygen atoms in total. The Balaban J connectivity index is 1.48. The second-order valence-electron chi connectivity index (χ2n) is 6.88. The number of carbonyl (C=O) groups is 4. The van der Waals surface area contributed by atoms with Gasteiger partial charge in [-0.3, -0.25) is 24.5 Å². The molecule has 1 unspecified atom stereocenters. The van der Waals surface area contributed by atoms with Crippen LogP contribution in [0.15, 0.2) is 18.2 Å². The zero-order chi connectivity index (χ0) is 21.5. The third kappa shape index (κ3) is 5.43. The molecule has 2 heterocycles. The summed E-state index contributed by atoms with van der Waals surface area (Å²) in [4.78, 5) is 47.9. The Morgan fingerprint density at radius 1 is 1.20 bits per heavy atom. The molecule has 0 aromatic heterocycles. The number of fused-ring (bicyclic) bond motifs is 1. The van der Waals surface area contributed by atoms with Crippen LogP contribution in [0, 0.1) is 11.8 Å². The summed E-state index contributed by atoms with van der Waals surface area (Å²) >= 11 is 0. The Morgan fingerprint density at radius 3 is 2.77 bits per heavy atom. The zero-order valence-electron chi connectivity index (χ0n) is 16.3. The van der Waals surface area contributed by atoms with E-state index < -0.39 is 17.9 Å². The lowest BCUT2D eigenvalue weighted by molar-refractivity contribution is -0.139. The van der Waals surface area contributed by atoms with Gasteiger partial charge in [0.15, 0.2) is 0 Å². The molecule has 3 amide bonds. The molecule has 1 aromatic carbocycles. The molecule has 1 saturated heterocycles. The molecule has 1 fully saturated rings. The number of piperidine rings is 1. The van der Waals surface area contributed by atoms with E-state index in [2.05, 4.69) is 17.2 Å². The van der Waals surface area contributed by atoms with E-state index in [-0.39, 0.29) is 37.9 Å². The van der Waals surface area contributed by atoms with Gasteiger partial charge in [0, 0.05) is 24.1 Å². The van der Waals surface area contributed by atoms with Gasteiger partial charge in [0.25, 0.3) is 5.91 Å². The van der Waals surface area contributed by atoms with Crippen molar-refractivity contribution >= 4 is 23.7 Å². The van der Waals surface area contributed by atoms with Crippen molar-refractivity contribution in [3.63, 3.8) is 0 Å². The zero-order valence-corrected chi connectivity index (χ0v) is 16.3. The molecule has 2 aliphatic heterocycles. The van der Waals surface area contributed by atoms with E-state index in [9.17, 15) is 19.2 Å². The van der Waals surface area contributed by atoms with Gasteiger partial charge in [0.1, 0.15) is 12.6 Å². The predicted molar refractivity (Wildman–Crippen MR) is 103 cm³/mol. The van der Waals surface area contributed by atoms with Crippen LogP contribution in [0.4, 0.5) is 0 Å². The fourth-order valence-electron chi connectivity index (χ4n) is 3.29. The van der Waals surface area contributed by atoms with Crippen LogP contribution >= 0.6 is 0 Å². The fraction of sp³-hybridized carbons (Fsp3) is 0.429. The van der Waals surface area contributed by atoms with E-state index in [4.69, 9.17) is 14.6 Å². The number of hydrogen-bond acceptors (Lipinski definition) is 6. The molecule has 2 aliphatic rings. The van der Waals surface area contributed by atoms with Crippen molar-refractivity contribution in [1.82, 2.24) is 10.2 Å². The highest BCUT2D eigenvalue weighted by atomic mass is 16.5. The minimum Gasteiger partial charge on any atom is -0.481 e. The van der Waals surface area contributed by atoms with Crippen molar-refractivity contribution in [2.75, 3.05) is 26.4 Å². The van der Waals surface area contributed by atoms with Crippen molar-refractivity contribution in [1.29, 1.82) is 0 Å². The molecule has 0 bridgehead atoms. The first-order valence-electron chi connectivity index (χ1n) is 9.59. The van der Waals surface area contributed by atoms with Gasteiger partial charge in [0.05, 0.1) is 26.2 Å². The first-order chi connectivity index (χ1) is 14.5. The van der Waals surface area contributed by atoms with Crippen molar-refractivity contribution in [2.24, 2.45) is 0 Å². The van der Waals surface area contributed by atoms with E-state index in [1.54, 1.807) is 12.1 Å². The number of carboxylic acids is 1. The first-order valence-corrected chi connectivity index (χ1v) is 9.59. The highest BCUT2D eigenvalue weighted by Gasteiger charge is 2.38. The Bertz CT molecular complexity index is 916. The van der Waals surface area contributed by atoms with Gasteiger partial charge in [0.2, 0.25) is 11.8 Å². The molecule has 3 rings (SSSR count). The molecule has 1 aromatic rings. The smallest absolute Gasteiger partial charge is 0.305 e. The highest BCUT2D eigenvalue weighted by Crippen LogP contribution is 2.28. The lowest BCUT2D eigenvalue weighted by atomic mass is 10.0. The predicted octanol–water partition coefficient (Wildman–Crippen LogP) is 0.307. The fourth-order valence-corrected chi connectivity index (χ4v) is 3.29.